The highest BCUT2D eigenvalue weighted by molar-refractivity contribution is 6.25. The summed E-state index contributed by atoms with van der Waals surface area (Å²) < 4.78 is 11.2. The molecule has 0 saturated heterocycles. The highest BCUT2D eigenvalue weighted by Crippen LogP contribution is 2.44. The number of hydrogen-bond donors (Lipinski definition) is 0. The number of benzene rings is 6. The van der Waals surface area contributed by atoms with Gasteiger partial charge in [-0.1, -0.05) is 60.7 Å². The molecule has 4 aromatic heterocycles. The Bertz CT molecular complexity index is 2450. The van der Waals surface area contributed by atoms with Gasteiger partial charge in [-0.3, -0.25) is 9.13 Å². The van der Waals surface area contributed by atoms with E-state index in [0.29, 0.717) is 0 Å². The van der Waals surface area contributed by atoms with Crippen LogP contribution in [0.4, 0.5) is 0 Å². The molecule has 5 heteroatoms. The first-order valence-electron chi connectivity index (χ1n) is 14.4. The summed E-state index contributed by atoms with van der Waals surface area (Å²) in [4.78, 5) is 9.44. The highest BCUT2D eigenvalue weighted by atomic mass is 16.5. The first kappa shape index (κ1) is 22.7. The second kappa shape index (κ2) is 8.30. The van der Waals surface area contributed by atoms with Crippen LogP contribution in [0, 0.1) is 0 Å². The molecule has 43 heavy (non-hydrogen) atoms. The average molecular weight is 551 g/mol. The third kappa shape index (κ3) is 3.11. The molecule has 0 saturated carbocycles. The van der Waals surface area contributed by atoms with Crippen LogP contribution in [0.1, 0.15) is 0 Å². The molecule has 0 aliphatic rings. The summed E-state index contributed by atoms with van der Waals surface area (Å²) in [5, 5.41) is 9.66. The van der Waals surface area contributed by atoms with Crippen LogP contribution >= 0.6 is 0 Å². The van der Waals surface area contributed by atoms with Gasteiger partial charge in [0.05, 0.1) is 22.1 Å². The average Bonchev–Trinajstić information content (AvgIpc) is 3.57. The van der Waals surface area contributed by atoms with Crippen LogP contribution in [0.25, 0.3) is 76.8 Å². The minimum Gasteiger partial charge on any atom is -0.457 e. The predicted octanol–water partition coefficient (Wildman–Crippen LogP) is 9.65. The monoisotopic (exact) mass is 550 g/mol. The SMILES string of the molecule is c1ccc(-n2c3cccc4ccc5cc(Oc6cc7ccc8cccc9c8c7c(c6)n9-c6ccccn6)cc2c5c43)nc1. The zero-order valence-corrected chi connectivity index (χ0v) is 22.9. The number of aromatic nitrogens is 4. The van der Waals surface area contributed by atoms with E-state index in [9.17, 15) is 0 Å². The zero-order valence-electron chi connectivity index (χ0n) is 22.9. The van der Waals surface area contributed by atoms with Crippen molar-refractivity contribution in [1.82, 2.24) is 19.1 Å². The number of ether oxygens (including phenoxy) is 1. The smallest absolute Gasteiger partial charge is 0.137 e. The fourth-order valence-electron chi connectivity index (χ4n) is 7.05. The van der Waals surface area contributed by atoms with E-state index in [1.807, 2.05) is 36.7 Å². The lowest BCUT2D eigenvalue weighted by atomic mass is 10.0. The van der Waals surface area contributed by atoms with E-state index >= 15 is 0 Å². The minimum atomic E-state index is 0.781. The molecule has 200 valence electrons. The van der Waals surface area contributed by atoms with Crippen LogP contribution in [-0.4, -0.2) is 19.1 Å². The van der Waals surface area contributed by atoms with Crippen molar-refractivity contribution in [3.63, 3.8) is 0 Å². The molecule has 0 spiro atoms. The van der Waals surface area contributed by atoms with Gasteiger partial charge in [0.1, 0.15) is 23.1 Å². The molecule has 0 bridgehead atoms. The van der Waals surface area contributed by atoms with Crippen molar-refractivity contribution in [3.05, 3.63) is 134 Å². The molecule has 0 aliphatic carbocycles. The van der Waals surface area contributed by atoms with Gasteiger partial charge in [0, 0.05) is 46.1 Å². The second-order valence-electron chi connectivity index (χ2n) is 11.1. The van der Waals surface area contributed by atoms with Crippen molar-refractivity contribution >= 4 is 65.2 Å². The minimum absolute atomic E-state index is 0.781. The van der Waals surface area contributed by atoms with Crippen molar-refractivity contribution in [2.75, 3.05) is 0 Å². The Morgan fingerprint density at radius 3 is 1.33 bits per heavy atom. The van der Waals surface area contributed by atoms with Gasteiger partial charge in [0.15, 0.2) is 0 Å². The van der Waals surface area contributed by atoms with E-state index in [1.54, 1.807) is 0 Å². The van der Waals surface area contributed by atoms with Crippen LogP contribution in [0.2, 0.25) is 0 Å². The molecular weight excluding hydrogens is 528 g/mol. The maximum atomic E-state index is 6.76. The van der Waals surface area contributed by atoms with E-state index < -0.39 is 0 Å². The Kier molecular flexibility index (Phi) is 4.39. The predicted molar refractivity (Wildman–Crippen MR) is 175 cm³/mol. The van der Waals surface area contributed by atoms with Gasteiger partial charge in [-0.05, 0) is 70.1 Å². The van der Waals surface area contributed by atoms with E-state index in [0.717, 1.165) is 56.0 Å². The van der Waals surface area contributed by atoms with Crippen LogP contribution < -0.4 is 4.74 Å². The van der Waals surface area contributed by atoms with Gasteiger partial charge < -0.3 is 4.74 Å². The highest BCUT2D eigenvalue weighted by Gasteiger charge is 2.21. The summed E-state index contributed by atoms with van der Waals surface area (Å²) >= 11 is 0. The molecule has 10 rings (SSSR count). The molecule has 0 fully saturated rings. The lowest BCUT2D eigenvalue weighted by Crippen LogP contribution is -1.97. The summed E-state index contributed by atoms with van der Waals surface area (Å²) in [6.45, 7) is 0. The summed E-state index contributed by atoms with van der Waals surface area (Å²) in [6, 6.07) is 42.4. The summed E-state index contributed by atoms with van der Waals surface area (Å²) in [5.41, 5.74) is 4.43. The fraction of sp³-hybridized carbons (Fsp3) is 0. The van der Waals surface area contributed by atoms with E-state index in [-0.39, 0.29) is 0 Å². The van der Waals surface area contributed by atoms with E-state index in [2.05, 4.69) is 106 Å². The van der Waals surface area contributed by atoms with Gasteiger partial charge >= 0.3 is 0 Å². The van der Waals surface area contributed by atoms with Crippen LogP contribution in [0.15, 0.2) is 134 Å². The zero-order chi connectivity index (χ0) is 28.1. The largest absolute Gasteiger partial charge is 0.457 e. The number of rotatable bonds is 4. The molecule has 10 aromatic rings. The van der Waals surface area contributed by atoms with Crippen molar-refractivity contribution in [3.8, 4) is 23.1 Å². The summed E-state index contributed by atoms with van der Waals surface area (Å²) in [7, 11) is 0. The first-order valence-corrected chi connectivity index (χ1v) is 14.4. The quantitative estimate of drug-likeness (QED) is 0.205. The molecule has 0 radical (unpaired) electrons. The third-order valence-corrected chi connectivity index (χ3v) is 8.73. The maximum absolute atomic E-state index is 6.76. The van der Waals surface area contributed by atoms with Gasteiger partial charge in [0.2, 0.25) is 0 Å². The standard InChI is InChI=1S/C38H22N4O/c1-3-17-39-33(11-1)41-29-9-5-7-23-13-15-25-19-27(21-31(41)37(25)35(23)29)43-28-20-26-16-14-24-8-6-10-30-36(24)38(26)32(22-28)42(30)34-12-2-4-18-40-34/h1-22H. The molecule has 0 atom stereocenters. The Morgan fingerprint density at radius 2 is 0.860 bits per heavy atom. The fourth-order valence-corrected chi connectivity index (χ4v) is 7.05. The molecule has 6 aromatic carbocycles. The molecule has 0 unspecified atom stereocenters. The topological polar surface area (TPSA) is 44.9 Å². The van der Waals surface area contributed by atoms with Crippen molar-refractivity contribution < 1.29 is 4.74 Å². The Balaban J connectivity index is 1.22. The van der Waals surface area contributed by atoms with Gasteiger partial charge in [-0.2, -0.15) is 0 Å². The second-order valence-corrected chi connectivity index (χ2v) is 11.1. The molecule has 0 aliphatic heterocycles. The molecule has 0 amide bonds. The Labute approximate surface area is 245 Å². The van der Waals surface area contributed by atoms with Crippen molar-refractivity contribution in [1.29, 1.82) is 0 Å². The van der Waals surface area contributed by atoms with Crippen molar-refractivity contribution in [2.24, 2.45) is 0 Å². The van der Waals surface area contributed by atoms with Crippen LogP contribution in [0.5, 0.6) is 11.5 Å². The summed E-state index contributed by atoms with van der Waals surface area (Å²) in [6.07, 6.45) is 3.69. The van der Waals surface area contributed by atoms with Gasteiger partial charge in [0.25, 0.3) is 0 Å². The number of nitrogens with zero attached hydrogens (tertiary/aromatic N) is 4. The van der Waals surface area contributed by atoms with E-state index in [1.165, 1.54) is 32.3 Å². The molecule has 4 heterocycles. The summed E-state index contributed by atoms with van der Waals surface area (Å²) in [5.74, 6) is 3.33. The Morgan fingerprint density at radius 1 is 0.395 bits per heavy atom. The van der Waals surface area contributed by atoms with Crippen LogP contribution in [-0.2, 0) is 0 Å². The normalized spacial score (nSPS) is 12.2. The molecule has 0 N–H and O–H groups in total. The first-order chi connectivity index (χ1) is 21.3. The van der Waals surface area contributed by atoms with Gasteiger partial charge in [-0.15, -0.1) is 0 Å². The van der Waals surface area contributed by atoms with E-state index in [4.69, 9.17) is 14.7 Å². The lowest BCUT2D eigenvalue weighted by molar-refractivity contribution is 0.485. The molecule has 5 nitrogen and oxygen atoms in total. The molecular formula is C38H22N4O. The lowest BCUT2D eigenvalue weighted by Gasteiger charge is -2.12. The van der Waals surface area contributed by atoms with Gasteiger partial charge in [-0.25, -0.2) is 9.97 Å². The Hall–Kier alpha value is -5.94. The maximum Gasteiger partial charge on any atom is 0.137 e. The number of pyridine rings is 2. The van der Waals surface area contributed by atoms with Crippen molar-refractivity contribution in [2.45, 2.75) is 0 Å². The number of hydrogen-bond acceptors (Lipinski definition) is 3. The third-order valence-electron chi connectivity index (χ3n) is 8.73. The van der Waals surface area contributed by atoms with Crippen LogP contribution in [0.3, 0.4) is 0 Å².